The number of ether oxygens (including phenoxy) is 1. The highest BCUT2D eigenvalue weighted by atomic mass is 16.5. The van der Waals surface area contributed by atoms with Crippen LogP contribution >= 0.6 is 0 Å². The van der Waals surface area contributed by atoms with Gasteiger partial charge in [0.15, 0.2) is 0 Å². The molecule has 3 nitrogen and oxygen atoms in total. The van der Waals surface area contributed by atoms with Gasteiger partial charge in [0.05, 0.1) is 12.7 Å². The van der Waals surface area contributed by atoms with E-state index in [4.69, 9.17) is 4.74 Å². The fourth-order valence-corrected chi connectivity index (χ4v) is 3.44. The first kappa shape index (κ1) is 14.3. The van der Waals surface area contributed by atoms with Crippen LogP contribution in [-0.4, -0.2) is 49.8 Å². The van der Waals surface area contributed by atoms with E-state index < -0.39 is 0 Å². The highest BCUT2D eigenvalue weighted by Crippen LogP contribution is 2.30. The normalized spacial score (nSPS) is 32.0. The molecular weight excluding hydrogens is 224 g/mol. The Kier molecular flexibility index (Phi) is 4.68. The van der Waals surface area contributed by atoms with Crippen LogP contribution in [0.4, 0.5) is 0 Å². The molecule has 0 amide bonds. The third-order valence-electron chi connectivity index (χ3n) is 4.66. The monoisotopic (exact) mass is 254 g/mol. The lowest BCUT2D eigenvalue weighted by Gasteiger charge is -2.46. The molecule has 0 aromatic carbocycles. The van der Waals surface area contributed by atoms with Gasteiger partial charge in [0.2, 0.25) is 0 Å². The summed E-state index contributed by atoms with van der Waals surface area (Å²) in [7, 11) is 2.09. The smallest absolute Gasteiger partial charge is 0.0730 e. The number of likely N-dealkylation sites (N-methyl/N-ethyl adjacent to an activating group) is 1. The maximum atomic E-state index is 5.95. The molecule has 3 atom stereocenters. The van der Waals surface area contributed by atoms with E-state index in [9.17, 15) is 0 Å². The van der Waals surface area contributed by atoms with E-state index >= 15 is 0 Å². The van der Waals surface area contributed by atoms with Crippen molar-refractivity contribution in [3.63, 3.8) is 0 Å². The van der Waals surface area contributed by atoms with E-state index in [2.05, 4.69) is 38.0 Å². The zero-order chi connectivity index (χ0) is 13.2. The molecule has 0 spiro atoms. The second-order valence-electron chi connectivity index (χ2n) is 6.96. The summed E-state index contributed by atoms with van der Waals surface area (Å²) < 4.78 is 5.95. The van der Waals surface area contributed by atoms with Gasteiger partial charge in [0.1, 0.15) is 0 Å². The Labute approximate surface area is 112 Å². The highest BCUT2D eigenvalue weighted by Gasteiger charge is 2.36. The molecule has 3 unspecified atom stereocenters. The summed E-state index contributed by atoms with van der Waals surface area (Å²) in [5.74, 6) is 0. The second kappa shape index (κ2) is 5.89. The Balaban J connectivity index is 1.98. The van der Waals surface area contributed by atoms with Crippen LogP contribution in [0.3, 0.4) is 0 Å². The Bertz CT molecular complexity index is 260. The van der Waals surface area contributed by atoms with Gasteiger partial charge in [-0.25, -0.2) is 0 Å². The summed E-state index contributed by atoms with van der Waals surface area (Å²) in [4.78, 5) is 2.68. The van der Waals surface area contributed by atoms with Crippen molar-refractivity contribution in [2.75, 3.05) is 26.7 Å². The van der Waals surface area contributed by atoms with Crippen molar-refractivity contribution in [2.45, 2.75) is 64.6 Å². The van der Waals surface area contributed by atoms with Crippen LogP contribution < -0.4 is 5.32 Å². The highest BCUT2D eigenvalue weighted by molar-refractivity contribution is 4.91. The lowest BCUT2D eigenvalue weighted by atomic mass is 9.84. The molecule has 1 saturated heterocycles. The van der Waals surface area contributed by atoms with Gasteiger partial charge in [-0.1, -0.05) is 33.6 Å². The Morgan fingerprint density at radius 2 is 2.00 bits per heavy atom. The first-order valence-corrected chi connectivity index (χ1v) is 7.55. The zero-order valence-electron chi connectivity index (χ0n) is 12.5. The molecule has 1 aliphatic heterocycles. The van der Waals surface area contributed by atoms with E-state index in [1.807, 2.05) is 0 Å². The van der Waals surface area contributed by atoms with Gasteiger partial charge < -0.3 is 10.1 Å². The minimum atomic E-state index is 0.317. The summed E-state index contributed by atoms with van der Waals surface area (Å²) in [6.45, 7) is 10.2. The van der Waals surface area contributed by atoms with E-state index in [1.165, 1.54) is 25.7 Å². The van der Waals surface area contributed by atoms with Crippen LogP contribution in [0.2, 0.25) is 0 Å². The standard InChI is InChI=1S/C15H30N2O/c1-15(2,3)14(16-4)11-17-9-10-18-13-8-6-5-7-12(13)17/h12-14,16H,5-11H2,1-4H3. The average Bonchev–Trinajstić information content (AvgIpc) is 2.34. The largest absolute Gasteiger partial charge is 0.375 e. The number of morpholine rings is 1. The number of rotatable bonds is 3. The van der Waals surface area contributed by atoms with Crippen molar-refractivity contribution >= 4 is 0 Å². The first-order chi connectivity index (χ1) is 8.52. The third-order valence-corrected chi connectivity index (χ3v) is 4.66. The summed E-state index contributed by atoms with van der Waals surface area (Å²) in [5.41, 5.74) is 0.317. The zero-order valence-corrected chi connectivity index (χ0v) is 12.5. The van der Waals surface area contributed by atoms with Crippen molar-refractivity contribution in [2.24, 2.45) is 5.41 Å². The SMILES string of the molecule is CNC(CN1CCOC2CCCCC21)C(C)(C)C. The maximum absolute atomic E-state index is 5.95. The topological polar surface area (TPSA) is 24.5 Å². The molecule has 1 N–H and O–H groups in total. The van der Waals surface area contributed by atoms with Crippen molar-refractivity contribution in [1.29, 1.82) is 0 Å². The molecule has 2 fully saturated rings. The summed E-state index contributed by atoms with van der Waals surface area (Å²) in [6, 6.07) is 1.23. The Morgan fingerprint density at radius 1 is 1.28 bits per heavy atom. The number of nitrogens with zero attached hydrogens (tertiary/aromatic N) is 1. The fraction of sp³-hybridized carbons (Fsp3) is 1.00. The molecule has 3 heteroatoms. The number of hydrogen-bond donors (Lipinski definition) is 1. The molecular formula is C15H30N2O. The predicted octanol–water partition coefficient (Wildman–Crippen LogP) is 2.26. The molecule has 1 aliphatic carbocycles. The van der Waals surface area contributed by atoms with Crippen molar-refractivity contribution in [3.05, 3.63) is 0 Å². The van der Waals surface area contributed by atoms with Gasteiger partial charge in [0, 0.05) is 25.2 Å². The van der Waals surface area contributed by atoms with Crippen LogP contribution in [0.1, 0.15) is 46.5 Å². The molecule has 2 rings (SSSR count). The molecule has 0 aromatic rings. The number of fused-ring (bicyclic) bond motifs is 1. The van der Waals surface area contributed by atoms with Crippen molar-refractivity contribution in [3.8, 4) is 0 Å². The maximum Gasteiger partial charge on any atom is 0.0730 e. The predicted molar refractivity (Wildman–Crippen MR) is 75.9 cm³/mol. The Hall–Kier alpha value is -0.120. The van der Waals surface area contributed by atoms with Crippen LogP contribution in [0.25, 0.3) is 0 Å². The fourth-order valence-electron chi connectivity index (χ4n) is 3.44. The van der Waals surface area contributed by atoms with Gasteiger partial charge in [-0.05, 0) is 25.3 Å². The third kappa shape index (κ3) is 3.25. The van der Waals surface area contributed by atoms with Crippen LogP contribution in [0, 0.1) is 5.41 Å². The van der Waals surface area contributed by atoms with Gasteiger partial charge in [-0.2, -0.15) is 0 Å². The van der Waals surface area contributed by atoms with Crippen LogP contribution in [0.5, 0.6) is 0 Å². The molecule has 2 aliphatic rings. The summed E-state index contributed by atoms with van der Waals surface area (Å²) >= 11 is 0. The van der Waals surface area contributed by atoms with Gasteiger partial charge in [0.25, 0.3) is 0 Å². The van der Waals surface area contributed by atoms with Gasteiger partial charge in [-0.3, -0.25) is 4.90 Å². The lowest BCUT2D eigenvalue weighted by Crippen LogP contribution is -2.57. The van der Waals surface area contributed by atoms with Gasteiger partial charge >= 0.3 is 0 Å². The number of nitrogens with one attached hydrogen (secondary N) is 1. The van der Waals surface area contributed by atoms with E-state index in [0.29, 0.717) is 23.6 Å². The minimum Gasteiger partial charge on any atom is -0.375 e. The lowest BCUT2D eigenvalue weighted by molar-refractivity contribution is -0.0927. The second-order valence-corrected chi connectivity index (χ2v) is 6.96. The summed E-state index contributed by atoms with van der Waals surface area (Å²) in [5, 5.41) is 3.50. The van der Waals surface area contributed by atoms with E-state index in [0.717, 1.165) is 19.7 Å². The van der Waals surface area contributed by atoms with E-state index in [-0.39, 0.29) is 0 Å². The first-order valence-electron chi connectivity index (χ1n) is 7.55. The molecule has 18 heavy (non-hydrogen) atoms. The van der Waals surface area contributed by atoms with Gasteiger partial charge in [-0.15, -0.1) is 0 Å². The summed E-state index contributed by atoms with van der Waals surface area (Å²) in [6.07, 6.45) is 5.82. The quantitative estimate of drug-likeness (QED) is 0.836. The molecule has 0 bridgehead atoms. The minimum absolute atomic E-state index is 0.317. The van der Waals surface area contributed by atoms with Crippen LogP contribution in [-0.2, 0) is 4.74 Å². The Morgan fingerprint density at radius 3 is 2.67 bits per heavy atom. The van der Waals surface area contributed by atoms with Crippen LogP contribution in [0.15, 0.2) is 0 Å². The molecule has 0 aromatic heterocycles. The van der Waals surface area contributed by atoms with Crippen molar-refractivity contribution in [1.82, 2.24) is 10.2 Å². The molecule has 106 valence electrons. The average molecular weight is 254 g/mol. The molecule has 0 radical (unpaired) electrons. The number of hydrogen-bond acceptors (Lipinski definition) is 3. The van der Waals surface area contributed by atoms with E-state index in [1.54, 1.807) is 0 Å². The molecule has 1 heterocycles. The van der Waals surface area contributed by atoms with Crippen molar-refractivity contribution < 1.29 is 4.74 Å². The molecule has 1 saturated carbocycles.